The lowest BCUT2D eigenvalue weighted by atomic mass is 9.73. The lowest BCUT2D eigenvalue weighted by molar-refractivity contribution is -0.138. The zero-order valence-corrected chi connectivity index (χ0v) is 8.47. The molecule has 80 valence electrons. The fourth-order valence-corrected chi connectivity index (χ4v) is 2.06. The third-order valence-corrected chi connectivity index (χ3v) is 3.10. The molecule has 1 N–H and O–H groups in total. The average molecular weight is 206 g/mol. The molecule has 0 aromatic carbocycles. The summed E-state index contributed by atoms with van der Waals surface area (Å²) < 4.78 is 0. The maximum absolute atomic E-state index is 10.8. The van der Waals surface area contributed by atoms with E-state index < -0.39 is 5.97 Å². The Hall–Kier alpha value is -1.45. The first kappa shape index (κ1) is 10.1. The van der Waals surface area contributed by atoms with E-state index in [2.05, 4.69) is 9.97 Å². The molecule has 1 aromatic heterocycles. The highest BCUT2D eigenvalue weighted by Gasteiger charge is 2.30. The molecule has 0 bridgehead atoms. The van der Waals surface area contributed by atoms with Gasteiger partial charge in [0.2, 0.25) is 0 Å². The van der Waals surface area contributed by atoms with E-state index in [-0.39, 0.29) is 12.3 Å². The molecule has 1 heterocycles. The monoisotopic (exact) mass is 206 g/mol. The molecule has 1 aliphatic carbocycles. The van der Waals surface area contributed by atoms with Crippen LogP contribution in [0.25, 0.3) is 0 Å². The fraction of sp³-hybridized carbons (Fsp3) is 0.545. The molecule has 4 heteroatoms. The Morgan fingerprint density at radius 3 is 2.87 bits per heavy atom. The van der Waals surface area contributed by atoms with Crippen LogP contribution in [0.3, 0.4) is 0 Å². The minimum absolute atomic E-state index is 0.0687. The number of hydrogen-bond donors (Lipinski definition) is 1. The Kier molecular flexibility index (Phi) is 2.94. The highest BCUT2D eigenvalue weighted by atomic mass is 16.4. The van der Waals surface area contributed by atoms with E-state index in [0.717, 1.165) is 18.5 Å². The standard InChI is InChI=1S/C11H14N2O2/c14-11(15)6-9(8-2-1-3-8)10-4-5-12-7-13-10/h4-5,7-9H,1-3,6H2,(H,14,15). The van der Waals surface area contributed by atoms with Gasteiger partial charge in [0, 0.05) is 17.8 Å². The second-order valence-electron chi connectivity index (χ2n) is 4.03. The van der Waals surface area contributed by atoms with Crippen molar-refractivity contribution >= 4 is 5.97 Å². The van der Waals surface area contributed by atoms with Gasteiger partial charge in [0.25, 0.3) is 0 Å². The van der Waals surface area contributed by atoms with Gasteiger partial charge in [-0.1, -0.05) is 6.42 Å². The SMILES string of the molecule is O=C(O)CC(c1ccncn1)C1CCC1. The minimum Gasteiger partial charge on any atom is -0.481 e. The van der Waals surface area contributed by atoms with E-state index in [1.165, 1.54) is 12.7 Å². The Morgan fingerprint density at radius 2 is 2.40 bits per heavy atom. The summed E-state index contributed by atoms with van der Waals surface area (Å²) in [7, 11) is 0. The van der Waals surface area contributed by atoms with E-state index in [0.29, 0.717) is 5.92 Å². The average Bonchev–Trinajstić information content (AvgIpc) is 2.15. The number of nitrogens with zero attached hydrogens (tertiary/aromatic N) is 2. The zero-order valence-electron chi connectivity index (χ0n) is 8.47. The molecule has 0 saturated heterocycles. The number of aliphatic carboxylic acids is 1. The molecule has 1 saturated carbocycles. The topological polar surface area (TPSA) is 63.1 Å². The van der Waals surface area contributed by atoms with Gasteiger partial charge in [-0.15, -0.1) is 0 Å². The lowest BCUT2D eigenvalue weighted by Crippen LogP contribution is -2.23. The second-order valence-corrected chi connectivity index (χ2v) is 4.03. The van der Waals surface area contributed by atoms with Gasteiger partial charge in [-0.2, -0.15) is 0 Å². The maximum atomic E-state index is 10.8. The molecule has 1 aliphatic rings. The number of rotatable bonds is 4. The Bertz CT molecular complexity index is 336. The Labute approximate surface area is 88.4 Å². The summed E-state index contributed by atoms with van der Waals surface area (Å²) in [5.41, 5.74) is 0.872. The maximum Gasteiger partial charge on any atom is 0.304 e. The van der Waals surface area contributed by atoms with Gasteiger partial charge in [-0.05, 0) is 24.8 Å². The molecule has 0 spiro atoms. The van der Waals surface area contributed by atoms with Crippen molar-refractivity contribution in [1.82, 2.24) is 9.97 Å². The molecule has 1 aromatic rings. The highest BCUT2D eigenvalue weighted by molar-refractivity contribution is 5.68. The summed E-state index contributed by atoms with van der Waals surface area (Å²) >= 11 is 0. The van der Waals surface area contributed by atoms with Crippen LogP contribution < -0.4 is 0 Å². The molecular weight excluding hydrogens is 192 g/mol. The third-order valence-electron chi connectivity index (χ3n) is 3.10. The van der Waals surface area contributed by atoms with Crippen LogP contribution in [0.15, 0.2) is 18.6 Å². The molecule has 0 amide bonds. The molecule has 1 atom stereocenters. The van der Waals surface area contributed by atoms with Crippen molar-refractivity contribution < 1.29 is 9.90 Å². The summed E-state index contributed by atoms with van der Waals surface area (Å²) in [6, 6.07) is 1.83. The van der Waals surface area contributed by atoms with Crippen LogP contribution in [-0.2, 0) is 4.79 Å². The van der Waals surface area contributed by atoms with E-state index in [9.17, 15) is 4.79 Å². The molecular formula is C11H14N2O2. The van der Waals surface area contributed by atoms with Crippen LogP contribution in [0, 0.1) is 5.92 Å². The van der Waals surface area contributed by atoms with Crippen molar-refractivity contribution in [3.05, 3.63) is 24.3 Å². The predicted octanol–water partition coefficient (Wildman–Crippen LogP) is 1.83. The Balaban J connectivity index is 2.14. The number of carboxylic acids is 1. The van der Waals surface area contributed by atoms with Crippen molar-refractivity contribution in [3.63, 3.8) is 0 Å². The summed E-state index contributed by atoms with van der Waals surface area (Å²) in [4.78, 5) is 18.8. The van der Waals surface area contributed by atoms with E-state index in [1.807, 2.05) is 6.07 Å². The summed E-state index contributed by atoms with van der Waals surface area (Å²) in [5.74, 6) is -0.180. The molecule has 15 heavy (non-hydrogen) atoms. The van der Waals surface area contributed by atoms with Gasteiger partial charge >= 0.3 is 5.97 Å². The van der Waals surface area contributed by atoms with E-state index in [4.69, 9.17) is 5.11 Å². The van der Waals surface area contributed by atoms with Gasteiger partial charge in [0.15, 0.2) is 0 Å². The molecule has 0 radical (unpaired) electrons. The van der Waals surface area contributed by atoms with Gasteiger partial charge in [0.05, 0.1) is 6.42 Å². The van der Waals surface area contributed by atoms with Crippen LogP contribution in [-0.4, -0.2) is 21.0 Å². The first-order valence-electron chi connectivity index (χ1n) is 5.25. The summed E-state index contributed by atoms with van der Waals surface area (Å²) in [5, 5.41) is 8.87. The molecule has 1 unspecified atom stereocenters. The highest BCUT2D eigenvalue weighted by Crippen LogP contribution is 2.40. The van der Waals surface area contributed by atoms with Crippen molar-refractivity contribution in [3.8, 4) is 0 Å². The fourth-order valence-electron chi connectivity index (χ4n) is 2.06. The van der Waals surface area contributed by atoms with Crippen molar-refractivity contribution in [2.45, 2.75) is 31.6 Å². The number of hydrogen-bond acceptors (Lipinski definition) is 3. The number of aromatic nitrogens is 2. The molecule has 4 nitrogen and oxygen atoms in total. The zero-order chi connectivity index (χ0) is 10.7. The van der Waals surface area contributed by atoms with Crippen LogP contribution in [0.5, 0.6) is 0 Å². The van der Waals surface area contributed by atoms with Gasteiger partial charge in [-0.3, -0.25) is 4.79 Å². The molecule has 0 aliphatic heterocycles. The molecule has 1 fully saturated rings. The quantitative estimate of drug-likeness (QED) is 0.816. The van der Waals surface area contributed by atoms with Crippen LogP contribution >= 0.6 is 0 Å². The van der Waals surface area contributed by atoms with E-state index in [1.54, 1.807) is 6.20 Å². The van der Waals surface area contributed by atoms with Crippen LogP contribution in [0.1, 0.15) is 37.3 Å². The first-order chi connectivity index (χ1) is 7.27. The Morgan fingerprint density at radius 1 is 1.60 bits per heavy atom. The smallest absolute Gasteiger partial charge is 0.304 e. The van der Waals surface area contributed by atoms with Gasteiger partial charge < -0.3 is 5.11 Å². The summed E-state index contributed by atoms with van der Waals surface area (Å²) in [6.45, 7) is 0. The minimum atomic E-state index is -0.745. The predicted molar refractivity (Wildman–Crippen MR) is 54.4 cm³/mol. The van der Waals surface area contributed by atoms with Crippen molar-refractivity contribution in [2.24, 2.45) is 5.92 Å². The normalized spacial score (nSPS) is 18.1. The van der Waals surface area contributed by atoms with Crippen LogP contribution in [0.4, 0.5) is 0 Å². The number of carboxylic acid groups (broad SMARTS) is 1. The van der Waals surface area contributed by atoms with Crippen LogP contribution in [0.2, 0.25) is 0 Å². The second kappa shape index (κ2) is 4.38. The third kappa shape index (κ3) is 2.32. The van der Waals surface area contributed by atoms with Crippen molar-refractivity contribution in [2.75, 3.05) is 0 Å². The lowest BCUT2D eigenvalue weighted by Gasteiger charge is -2.32. The molecule has 2 rings (SSSR count). The summed E-state index contributed by atoms with van der Waals surface area (Å²) in [6.07, 6.45) is 6.82. The van der Waals surface area contributed by atoms with Gasteiger partial charge in [0.1, 0.15) is 6.33 Å². The van der Waals surface area contributed by atoms with E-state index >= 15 is 0 Å². The first-order valence-corrected chi connectivity index (χ1v) is 5.25. The van der Waals surface area contributed by atoms with Crippen molar-refractivity contribution in [1.29, 1.82) is 0 Å². The number of carbonyl (C=O) groups is 1. The largest absolute Gasteiger partial charge is 0.481 e. The van der Waals surface area contributed by atoms with Gasteiger partial charge in [-0.25, -0.2) is 9.97 Å².